The van der Waals surface area contributed by atoms with Gasteiger partial charge in [-0.2, -0.15) is 0 Å². The lowest BCUT2D eigenvalue weighted by Crippen LogP contribution is -2.53. The van der Waals surface area contributed by atoms with Gasteiger partial charge in [-0.25, -0.2) is 12.7 Å². The van der Waals surface area contributed by atoms with Crippen LogP contribution in [0.5, 0.6) is 0 Å². The fourth-order valence-corrected chi connectivity index (χ4v) is 6.47. The molecule has 0 saturated carbocycles. The van der Waals surface area contributed by atoms with Crippen LogP contribution in [-0.4, -0.2) is 54.5 Å². The van der Waals surface area contributed by atoms with Crippen molar-refractivity contribution in [2.75, 3.05) is 13.1 Å². The number of amides is 3. The van der Waals surface area contributed by atoms with Crippen molar-refractivity contribution < 1.29 is 22.8 Å². The molecule has 3 aromatic rings. The highest BCUT2D eigenvalue weighted by atomic mass is 35.5. The second-order valence-electron chi connectivity index (χ2n) is 9.88. The van der Waals surface area contributed by atoms with Crippen LogP contribution in [0.1, 0.15) is 35.3 Å². The largest absolute Gasteiger partial charge is 0.354 e. The van der Waals surface area contributed by atoms with Gasteiger partial charge in [0, 0.05) is 35.1 Å². The van der Waals surface area contributed by atoms with Gasteiger partial charge in [0.05, 0.1) is 5.56 Å². The second-order valence-corrected chi connectivity index (χ2v) is 12.5. The lowest BCUT2D eigenvalue weighted by molar-refractivity contribution is -0.141. The zero-order chi connectivity index (χ0) is 29.0. The number of sulfonamides is 1. The van der Waals surface area contributed by atoms with E-state index >= 15 is 0 Å². The molecule has 0 aromatic heterocycles. The average molecular weight is 603 g/mol. The van der Waals surface area contributed by atoms with Crippen LogP contribution in [-0.2, 0) is 32.6 Å². The number of hydrogen-bond acceptors (Lipinski definition) is 5. The molecule has 0 aliphatic carbocycles. The molecule has 210 valence electrons. The van der Waals surface area contributed by atoms with Crippen molar-refractivity contribution in [3.63, 3.8) is 0 Å². The molecule has 0 bridgehead atoms. The van der Waals surface area contributed by atoms with Crippen molar-refractivity contribution in [3.05, 3.63) is 99.5 Å². The maximum absolute atomic E-state index is 14.0. The van der Waals surface area contributed by atoms with E-state index in [1.54, 1.807) is 24.3 Å². The maximum atomic E-state index is 14.0. The van der Waals surface area contributed by atoms with E-state index in [-0.39, 0.29) is 39.4 Å². The first kappa shape index (κ1) is 29.6. The Morgan fingerprint density at radius 2 is 1.55 bits per heavy atom. The number of hydrogen-bond donors (Lipinski definition) is 1. The van der Waals surface area contributed by atoms with Crippen molar-refractivity contribution >= 4 is 50.9 Å². The molecular formula is C29H29Cl2N3O5S. The number of rotatable bonds is 10. The second kappa shape index (κ2) is 12.4. The summed E-state index contributed by atoms with van der Waals surface area (Å²) in [6.45, 7) is 3.29. The Hall–Kier alpha value is -3.40. The van der Waals surface area contributed by atoms with Gasteiger partial charge in [0.25, 0.3) is 15.9 Å². The predicted molar refractivity (Wildman–Crippen MR) is 153 cm³/mol. The van der Waals surface area contributed by atoms with Gasteiger partial charge in [-0.3, -0.25) is 14.4 Å². The van der Waals surface area contributed by atoms with Crippen molar-refractivity contribution in [3.8, 4) is 0 Å². The molecule has 0 fully saturated rings. The molecule has 4 rings (SSSR count). The highest BCUT2D eigenvalue weighted by molar-refractivity contribution is 7.90. The Morgan fingerprint density at radius 1 is 0.925 bits per heavy atom. The van der Waals surface area contributed by atoms with Crippen LogP contribution in [0.15, 0.2) is 77.7 Å². The van der Waals surface area contributed by atoms with Crippen LogP contribution >= 0.6 is 23.2 Å². The first-order chi connectivity index (χ1) is 19.0. The van der Waals surface area contributed by atoms with Crippen molar-refractivity contribution in [2.45, 2.75) is 37.8 Å². The molecule has 11 heteroatoms. The number of fused-ring (bicyclic) bond motifs is 1. The summed E-state index contributed by atoms with van der Waals surface area (Å²) < 4.78 is 27.0. The summed E-state index contributed by atoms with van der Waals surface area (Å²) in [7, 11) is -4.26. The molecule has 1 unspecified atom stereocenters. The van der Waals surface area contributed by atoms with Crippen molar-refractivity contribution in [1.29, 1.82) is 0 Å². The summed E-state index contributed by atoms with van der Waals surface area (Å²) in [6, 6.07) is 18.8. The normalized spacial score (nSPS) is 14.6. The van der Waals surface area contributed by atoms with Gasteiger partial charge in [-0.1, -0.05) is 85.6 Å². The van der Waals surface area contributed by atoms with E-state index in [9.17, 15) is 22.8 Å². The zero-order valence-corrected chi connectivity index (χ0v) is 24.3. The van der Waals surface area contributed by atoms with E-state index < -0.39 is 40.3 Å². The molecule has 1 N–H and O–H groups in total. The summed E-state index contributed by atoms with van der Waals surface area (Å²) in [5.74, 6) is -1.83. The molecule has 1 aliphatic rings. The minimum atomic E-state index is -4.26. The molecule has 1 heterocycles. The number of halogens is 2. The third-order valence-electron chi connectivity index (χ3n) is 6.54. The third-order valence-corrected chi connectivity index (χ3v) is 9.03. The van der Waals surface area contributed by atoms with E-state index in [4.69, 9.17) is 23.2 Å². The summed E-state index contributed by atoms with van der Waals surface area (Å²) >= 11 is 12.9. The number of nitrogens with one attached hydrogen (secondary N) is 1. The van der Waals surface area contributed by atoms with E-state index in [0.717, 1.165) is 5.56 Å². The molecule has 8 nitrogen and oxygen atoms in total. The van der Waals surface area contributed by atoms with E-state index in [0.29, 0.717) is 16.4 Å². The molecular weight excluding hydrogens is 573 g/mol. The number of benzene rings is 3. The fourth-order valence-electron chi connectivity index (χ4n) is 4.43. The van der Waals surface area contributed by atoms with Crippen LogP contribution in [0.25, 0.3) is 0 Å². The highest BCUT2D eigenvalue weighted by Crippen LogP contribution is 2.31. The van der Waals surface area contributed by atoms with Gasteiger partial charge < -0.3 is 10.2 Å². The van der Waals surface area contributed by atoms with Crippen molar-refractivity contribution in [2.24, 2.45) is 5.92 Å². The van der Waals surface area contributed by atoms with Gasteiger partial charge in [0.1, 0.15) is 17.5 Å². The van der Waals surface area contributed by atoms with Gasteiger partial charge in [-0.15, -0.1) is 0 Å². The van der Waals surface area contributed by atoms with Gasteiger partial charge in [0.2, 0.25) is 11.8 Å². The minimum absolute atomic E-state index is 0.00786. The Labute approximate surface area is 243 Å². The van der Waals surface area contributed by atoms with Crippen LogP contribution in [0, 0.1) is 5.92 Å². The first-order valence-corrected chi connectivity index (χ1v) is 14.9. The van der Waals surface area contributed by atoms with Crippen LogP contribution in [0.4, 0.5) is 0 Å². The maximum Gasteiger partial charge on any atom is 0.269 e. The molecule has 0 spiro atoms. The monoisotopic (exact) mass is 601 g/mol. The first-order valence-electron chi connectivity index (χ1n) is 12.7. The lowest BCUT2D eigenvalue weighted by atomic mass is 10.0. The summed E-state index contributed by atoms with van der Waals surface area (Å²) in [5.41, 5.74) is 1.17. The lowest BCUT2D eigenvalue weighted by Gasteiger charge is -2.33. The molecule has 0 saturated heterocycles. The summed E-state index contributed by atoms with van der Waals surface area (Å²) in [4.78, 5) is 41.7. The summed E-state index contributed by atoms with van der Waals surface area (Å²) in [6.07, 6.45) is 0.138. The highest BCUT2D eigenvalue weighted by Gasteiger charge is 2.43. The molecule has 1 atom stereocenters. The number of carbonyl (C=O) groups excluding carboxylic acids is 3. The Morgan fingerprint density at radius 3 is 2.17 bits per heavy atom. The third kappa shape index (κ3) is 6.32. The van der Waals surface area contributed by atoms with Gasteiger partial charge in [-0.05, 0) is 35.7 Å². The van der Waals surface area contributed by atoms with Gasteiger partial charge in [0.15, 0.2) is 0 Å². The van der Waals surface area contributed by atoms with Crippen LogP contribution in [0.3, 0.4) is 0 Å². The summed E-state index contributed by atoms with van der Waals surface area (Å²) in [5, 5.41) is 3.45. The molecule has 1 aliphatic heterocycles. The van der Waals surface area contributed by atoms with Crippen molar-refractivity contribution in [1.82, 2.24) is 14.5 Å². The Bertz CT molecular complexity index is 1510. The Kier molecular flexibility index (Phi) is 9.18. The van der Waals surface area contributed by atoms with E-state index in [1.807, 2.05) is 44.2 Å². The molecule has 0 radical (unpaired) electrons. The van der Waals surface area contributed by atoms with E-state index in [2.05, 4.69) is 5.32 Å². The fraction of sp³-hybridized carbons (Fsp3) is 0.276. The average Bonchev–Trinajstić information content (AvgIpc) is 3.11. The van der Waals surface area contributed by atoms with Crippen LogP contribution < -0.4 is 5.32 Å². The standard InChI is InChI=1S/C29H29Cl2N3O5S/c1-19(2)16-32-28(36)25(15-20-9-4-3-5-10-20)33(17-22-23(30)12-8-13-24(22)31)27(35)18-34-29(37)21-11-6-7-14-26(21)40(34,38)39/h3-14,19,25H,15-18H2,1-2H3,(H,32,36). The molecule has 40 heavy (non-hydrogen) atoms. The number of carbonyl (C=O) groups is 3. The van der Waals surface area contributed by atoms with Crippen LogP contribution in [0.2, 0.25) is 10.0 Å². The smallest absolute Gasteiger partial charge is 0.269 e. The van der Waals surface area contributed by atoms with E-state index in [1.165, 1.54) is 23.1 Å². The number of nitrogens with zero attached hydrogens (tertiary/aromatic N) is 2. The Balaban J connectivity index is 1.74. The quantitative estimate of drug-likeness (QED) is 0.367. The SMILES string of the molecule is CC(C)CNC(=O)C(Cc1ccccc1)N(Cc1c(Cl)cccc1Cl)C(=O)CN1C(=O)c2ccccc2S1(=O)=O. The topological polar surface area (TPSA) is 104 Å². The zero-order valence-electron chi connectivity index (χ0n) is 22.0. The molecule has 3 aromatic carbocycles. The van der Waals surface area contributed by atoms with Gasteiger partial charge >= 0.3 is 0 Å². The predicted octanol–water partition coefficient (Wildman–Crippen LogP) is 4.55. The molecule has 3 amide bonds. The minimum Gasteiger partial charge on any atom is -0.354 e.